The van der Waals surface area contributed by atoms with Crippen molar-refractivity contribution in [3.63, 3.8) is 0 Å². The van der Waals surface area contributed by atoms with Gasteiger partial charge in [0.1, 0.15) is 0 Å². The van der Waals surface area contributed by atoms with Crippen molar-refractivity contribution in [3.8, 4) is 0 Å². The molecule has 1 aliphatic rings. The molecule has 0 spiro atoms. The zero-order valence-corrected chi connectivity index (χ0v) is 16.3. The molecule has 2 N–H and O–H groups in total. The van der Waals surface area contributed by atoms with Crippen LogP contribution in [0.25, 0.3) is 0 Å². The van der Waals surface area contributed by atoms with E-state index in [2.05, 4.69) is 10.6 Å². The number of Topliss-reactive ketones (excluding diaryl/α,β-unsaturated/α-hetero) is 1. The van der Waals surface area contributed by atoms with Crippen LogP contribution in [0.3, 0.4) is 0 Å². The molecule has 0 saturated heterocycles. The minimum atomic E-state index is -0.442. The summed E-state index contributed by atoms with van der Waals surface area (Å²) in [6.45, 7) is 5.28. The lowest BCUT2D eigenvalue weighted by Crippen LogP contribution is -2.44. The molecule has 134 valence electrons. The zero-order valence-electron chi connectivity index (χ0n) is 14.7. The Bertz CT molecular complexity index is 886. The number of aryl methyl sites for hydroxylation is 1. The van der Waals surface area contributed by atoms with Crippen LogP contribution >= 0.6 is 23.4 Å². The van der Waals surface area contributed by atoms with Crippen LogP contribution in [0.4, 0.5) is 4.79 Å². The molecule has 2 aromatic carbocycles. The van der Waals surface area contributed by atoms with Crippen molar-refractivity contribution in [3.05, 3.63) is 69.9 Å². The number of halogens is 1. The van der Waals surface area contributed by atoms with Gasteiger partial charge in [0, 0.05) is 21.1 Å². The maximum Gasteiger partial charge on any atom is 0.319 e. The molecule has 3 rings (SSSR count). The molecule has 4 nitrogen and oxygen atoms in total. The van der Waals surface area contributed by atoms with Crippen molar-refractivity contribution in [2.24, 2.45) is 0 Å². The van der Waals surface area contributed by atoms with Crippen molar-refractivity contribution in [2.75, 3.05) is 0 Å². The molecule has 1 heterocycles. The number of benzene rings is 2. The fourth-order valence-electron chi connectivity index (χ4n) is 3.00. The highest BCUT2D eigenvalue weighted by atomic mass is 35.5. The van der Waals surface area contributed by atoms with E-state index in [0.29, 0.717) is 11.3 Å². The Morgan fingerprint density at radius 3 is 2.42 bits per heavy atom. The van der Waals surface area contributed by atoms with Crippen molar-refractivity contribution < 1.29 is 9.59 Å². The maximum atomic E-state index is 12.0. The van der Waals surface area contributed by atoms with E-state index in [1.165, 1.54) is 6.92 Å². The first-order valence-corrected chi connectivity index (χ1v) is 9.38. The third kappa shape index (κ3) is 3.79. The van der Waals surface area contributed by atoms with Gasteiger partial charge in [-0.05, 0) is 50.1 Å². The average Bonchev–Trinajstić information content (AvgIpc) is 2.58. The molecule has 2 aromatic rings. The highest BCUT2D eigenvalue weighted by molar-refractivity contribution is 7.99. The highest BCUT2D eigenvalue weighted by Gasteiger charge is 2.28. The van der Waals surface area contributed by atoms with Gasteiger partial charge in [-0.2, -0.15) is 0 Å². The molecule has 26 heavy (non-hydrogen) atoms. The fraction of sp³-hybridized carbons (Fsp3) is 0.200. The van der Waals surface area contributed by atoms with E-state index >= 15 is 0 Å². The van der Waals surface area contributed by atoms with Gasteiger partial charge in [-0.25, -0.2) is 4.79 Å². The molecule has 1 unspecified atom stereocenters. The van der Waals surface area contributed by atoms with Gasteiger partial charge in [-0.3, -0.25) is 4.79 Å². The van der Waals surface area contributed by atoms with Gasteiger partial charge in [-0.1, -0.05) is 47.6 Å². The smallest absolute Gasteiger partial charge is 0.319 e. The van der Waals surface area contributed by atoms with Crippen LogP contribution in [-0.2, 0) is 4.79 Å². The predicted octanol–water partition coefficient (Wildman–Crippen LogP) is 5.02. The first-order chi connectivity index (χ1) is 12.4. The summed E-state index contributed by atoms with van der Waals surface area (Å²) >= 11 is 7.89. The standard InChI is InChI=1S/C20H19ClN2O2S/c1-11-5-4-6-16(21)19(11)26-15-9-7-14(8-10-15)18-17(13(3)24)12(2)22-20(25)23-18/h4-10,18H,1-3H3,(H2,22,23,25). The summed E-state index contributed by atoms with van der Waals surface area (Å²) in [6, 6.07) is 12.9. The number of carbonyl (C=O) groups is 2. The van der Waals surface area contributed by atoms with Crippen molar-refractivity contribution in [2.45, 2.75) is 36.6 Å². The van der Waals surface area contributed by atoms with E-state index in [-0.39, 0.29) is 11.8 Å². The molecule has 0 fully saturated rings. The lowest BCUT2D eigenvalue weighted by Gasteiger charge is -2.28. The number of amides is 2. The minimum Gasteiger partial charge on any atom is -0.327 e. The van der Waals surface area contributed by atoms with Crippen LogP contribution in [-0.4, -0.2) is 11.8 Å². The molecule has 0 aliphatic carbocycles. The number of urea groups is 1. The quantitative estimate of drug-likeness (QED) is 0.775. The number of allylic oxidation sites excluding steroid dienone is 1. The average molecular weight is 387 g/mol. The number of hydrogen-bond acceptors (Lipinski definition) is 3. The van der Waals surface area contributed by atoms with Gasteiger partial charge < -0.3 is 10.6 Å². The third-order valence-electron chi connectivity index (χ3n) is 4.25. The van der Waals surface area contributed by atoms with E-state index in [9.17, 15) is 9.59 Å². The summed E-state index contributed by atoms with van der Waals surface area (Å²) in [6.07, 6.45) is 0. The molecule has 0 saturated carbocycles. The molecule has 6 heteroatoms. The normalized spacial score (nSPS) is 16.9. The molecule has 1 aliphatic heterocycles. The molecule has 1 atom stereocenters. The number of nitrogens with one attached hydrogen (secondary N) is 2. The van der Waals surface area contributed by atoms with E-state index in [1.54, 1.807) is 18.7 Å². The Kier molecular flexibility index (Phi) is 5.39. The summed E-state index contributed by atoms with van der Waals surface area (Å²) in [7, 11) is 0. The van der Waals surface area contributed by atoms with Crippen LogP contribution in [0, 0.1) is 6.92 Å². The predicted molar refractivity (Wildman–Crippen MR) is 105 cm³/mol. The van der Waals surface area contributed by atoms with Gasteiger partial charge in [0.05, 0.1) is 11.1 Å². The Labute approximate surface area is 162 Å². The Hall–Kier alpha value is -2.24. The molecule has 0 radical (unpaired) electrons. The lowest BCUT2D eigenvalue weighted by atomic mass is 9.93. The van der Waals surface area contributed by atoms with Crippen LogP contribution in [0.2, 0.25) is 5.02 Å². The summed E-state index contributed by atoms with van der Waals surface area (Å²) < 4.78 is 0. The van der Waals surface area contributed by atoms with E-state index in [0.717, 1.165) is 25.9 Å². The molecule has 0 bridgehead atoms. The largest absolute Gasteiger partial charge is 0.327 e. The number of ketones is 1. The highest BCUT2D eigenvalue weighted by Crippen LogP contribution is 2.36. The first-order valence-electron chi connectivity index (χ1n) is 8.19. The Morgan fingerprint density at radius 1 is 1.12 bits per heavy atom. The number of hydrogen-bond donors (Lipinski definition) is 2. The Morgan fingerprint density at radius 2 is 1.81 bits per heavy atom. The van der Waals surface area contributed by atoms with Crippen molar-refractivity contribution in [1.82, 2.24) is 10.6 Å². The lowest BCUT2D eigenvalue weighted by molar-refractivity contribution is -0.114. The van der Waals surface area contributed by atoms with Gasteiger partial charge in [0.25, 0.3) is 0 Å². The third-order valence-corrected chi connectivity index (χ3v) is 5.93. The topological polar surface area (TPSA) is 58.2 Å². The summed E-state index contributed by atoms with van der Waals surface area (Å²) in [4.78, 5) is 25.9. The van der Waals surface area contributed by atoms with E-state index in [1.807, 2.05) is 49.4 Å². The molecule has 2 amide bonds. The second kappa shape index (κ2) is 7.56. The second-order valence-electron chi connectivity index (χ2n) is 6.18. The van der Waals surface area contributed by atoms with E-state index < -0.39 is 6.04 Å². The van der Waals surface area contributed by atoms with Crippen LogP contribution in [0.5, 0.6) is 0 Å². The van der Waals surface area contributed by atoms with Crippen LogP contribution in [0.15, 0.2) is 63.5 Å². The number of rotatable bonds is 4. The molecular weight excluding hydrogens is 368 g/mol. The fourth-order valence-corrected chi connectivity index (χ4v) is 4.24. The van der Waals surface area contributed by atoms with Gasteiger partial charge in [0.15, 0.2) is 5.78 Å². The van der Waals surface area contributed by atoms with Gasteiger partial charge in [-0.15, -0.1) is 0 Å². The molecule has 0 aromatic heterocycles. The summed E-state index contributed by atoms with van der Waals surface area (Å²) in [5, 5.41) is 6.21. The van der Waals surface area contributed by atoms with Crippen molar-refractivity contribution in [1.29, 1.82) is 0 Å². The van der Waals surface area contributed by atoms with Gasteiger partial charge in [0.2, 0.25) is 0 Å². The van der Waals surface area contributed by atoms with Gasteiger partial charge >= 0.3 is 6.03 Å². The monoisotopic (exact) mass is 386 g/mol. The summed E-state index contributed by atoms with van der Waals surface area (Å²) in [5.41, 5.74) is 3.16. The zero-order chi connectivity index (χ0) is 18.8. The first kappa shape index (κ1) is 18.5. The Balaban J connectivity index is 1.89. The van der Waals surface area contributed by atoms with Crippen LogP contribution < -0.4 is 10.6 Å². The number of carbonyl (C=O) groups excluding carboxylic acids is 2. The minimum absolute atomic E-state index is 0.0647. The maximum absolute atomic E-state index is 12.0. The second-order valence-corrected chi connectivity index (χ2v) is 7.67. The van der Waals surface area contributed by atoms with E-state index in [4.69, 9.17) is 11.6 Å². The SMILES string of the molecule is CC(=O)C1=C(C)NC(=O)NC1c1ccc(Sc2c(C)cccc2Cl)cc1. The molecular formula is C20H19ClN2O2S. The summed E-state index contributed by atoms with van der Waals surface area (Å²) in [5.74, 6) is -0.0647. The van der Waals surface area contributed by atoms with Crippen LogP contribution in [0.1, 0.15) is 31.0 Å². The van der Waals surface area contributed by atoms with Crippen molar-refractivity contribution >= 4 is 35.2 Å².